The molecular formula is C16H23NO3S. The highest BCUT2D eigenvalue weighted by molar-refractivity contribution is 7.90. The molecule has 116 valence electrons. The van der Waals surface area contributed by atoms with Gasteiger partial charge in [0.2, 0.25) is 0 Å². The van der Waals surface area contributed by atoms with Crippen LogP contribution in [0.1, 0.15) is 48.0 Å². The van der Waals surface area contributed by atoms with E-state index in [1.54, 1.807) is 12.1 Å². The molecule has 1 fully saturated rings. The number of sulfone groups is 1. The summed E-state index contributed by atoms with van der Waals surface area (Å²) in [5.74, 6) is -0.0418. The van der Waals surface area contributed by atoms with Gasteiger partial charge in [0.15, 0.2) is 9.84 Å². The summed E-state index contributed by atoms with van der Waals surface area (Å²) in [6.45, 7) is 3.38. The first-order valence-corrected chi connectivity index (χ1v) is 9.39. The Hall–Kier alpha value is -1.36. The van der Waals surface area contributed by atoms with Crippen LogP contribution in [0.5, 0.6) is 0 Å². The number of carbonyl (C=O) groups is 1. The highest BCUT2D eigenvalue weighted by atomic mass is 32.2. The number of benzene rings is 1. The number of hydrogen-bond donors (Lipinski definition) is 0. The maximum Gasteiger partial charge on any atom is 0.254 e. The average Bonchev–Trinajstić information content (AvgIpc) is 2.36. The highest BCUT2D eigenvalue weighted by Gasteiger charge is 2.20. The fourth-order valence-electron chi connectivity index (χ4n) is 2.68. The molecule has 0 radical (unpaired) electrons. The number of rotatable bonds is 2. The molecule has 0 spiro atoms. The number of amides is 1. The van der Waals surface area contributed by atoms with Crippen LogP contribution in [0, 0.1) is 6.92 Å². The molecule has 1 aliphatic rings. The van der Waals surface area contributed by atoms with E-state index in [2.05, 4.69) is 0 Å². The van der Waals surface area contributed by atoms with Gasteiger partial charge in [0, 0.05) is 24.9 Å². The number of aryl methyl sites for hydroxylation is 1. The Morgan fingerprint density at radius 1 is 1.05 bits per heavy atom. The molecule has 1 aromatic carbocycles. The SMILES string of the molecule is Cc1ccc(S(C)(=O)=O)cc1C(=O)N1CCCCCCC1. The summed E-state index contributed by atoms with van der Waals surface area (Å²) in [6, 6.07) is 4.80. The molecule has 1 aromatic rings. The van der Waals surface area contributed by atoms with Crippen molar-refractivity contribution in [3.8, 4) is 0 Å². The third kappa shape index (κ3) is 4.06. The predicted molar refractivity (Wildman–Crippen MR) is 83.3 cm³/mol. The second-order valence-corrected chi connectivity index (χ2v) is 7.82. The molecule has 4 nitrogen and oxygen atoms in total. The van der Waals surface area contributed by atoms with Gasteiger partial charge in [-0.3, -0.25) is 4.79 Å². The Kier molecular flexibility index (Phi) is 5.04. The lowest BCUT2D eigenvalue weighted by Gasteiger charge is -2.25. The summed E-state index contributed by atoms with van der Waals surface area (Å²) in [4.78, 5) is 14.8. The van der Waals surface area contributed by atoms with Crippen molar-refractivity contribution in [1.29, 1.82) is 0 Å². The van der Waals surface area contributed by atoms with E-state index in [0.29, 0.717) is 5.56 Å². The van der Waals surface area contributed by atoms with Crippen LogP contribution in [-0.4, -0.2) is 38.6 Å². The minimum atomic E-state index is -3.29. The van der Waals surface area contributed by atoms with Gasteiger partial charge in [-0.25, -0.2) is 8.42 Å². The first kappa shape index (κ1) is 16.0. The molecule has 1 aliphatic heterocycles. The fourth-order valence-corrected chi connectivity index (χ4v) is 3.33. The molecule has 1 heterocycles. The highest BCUT2D eigenvalue weighted by Crippen LogP contribution is 2.19. The van der Waals surface area contributed by atoms with E-state index in [4.69, 9.17) is 0 Å². The lowest BCUT2D eigenvalue weighted by Crippen LogP contribution is -2.34. The van der Waals surface area contributed by atoms with E-state index in [9.17, 15) is 13.2 Å². The van der Waals surface area contributed by atoms with E-state index in [-0.39, 0.29) is 10.8 Å². The molecule has 0 atom stereocenters. The Bertz CT molecular complexity index is 614. The fraction of sp³-hybridized carbons (Fsp3) is 0.562. The first-order valence-electron chi connectivity index (χ1n) is 7.49. The van der Waals surface area contributed by atoms with Crippen molar-refractivity contribution < 1.29 is 13.2 Å². The molecular weight excluding hydrogens is 286 g/mol. The zero-order chi connectivity index (χ0) is 15.5. The minimum Gasteiger partial charge on any atom is -0.339 e. The van der Waals surface area contributed by atoms with Gasteiger partial charge in [-0.1, -0.05) is 25.3 Å². The van der Waals surface area contributed by atoms with Crippen LogP contribution in [0.15, 0.2) is 23.1 Å². The number of hydrogen-bond acceptors (Lipinski definition) is 3. The van der Waals surface area contributed by atoms with Gasteiger partial charge in [0.05, 0.1) is 4.90 Å². The van der Waals surface area contributed by atoms with Crippen LogP contribution in [0.25, 0.3) is 0 Å². The van der Waals surface area contributed by atoms with Gasteiger partial charge in [-0.2, -0.15) is 0 Å². The standard InChI is InChI=1S/C16H23NO3S/c1-13-8-9-14(21(2,19)20)12-15(13)16(18)17-10-6-4-3-5-7-11-17/h8-9,12H,3-7,10-11H2,1-2H3. The molecule has 1 saturated heterocycles. The zero-order valence-electron chi connectivity index (χ0n) is 12.8. The Balaban J connectivity index is 2.29. The van der Waals surface area contributed by atoms with Crippen LogP contribution >= 0.6 is 0 Å². The summed E-state index contributed by atoms with van der Waals surface area (Å²) >= 11 is 0. The molecule has 0 N–H and O–H groups in total. The topological polar surface area (TPSA) is 54.5 Å². The van der Waals surface area contributed by atoms with Crippen molar-refractivity contribution in [3.05, 3.63) is 29.3 Å². The van der Waals surface area contributed by atoms with E-state index < -0.39 is 9.84 Å². The van der Waals surface area contributed by atoms with Crippen LogP contribution in [0.3, 0.4) is 0 Å². The third-order valence-electron chi connectivity index (χ3n) is 4.01. The van der Waals surface area contributed by atoms with Crippen molar-refractivity contribution in [1.82, 2.24) is 4.90 Å². The van der Waals surface area contributed by atoms with Gasteiger partial charge in [-0.15, -0.1) is 0 Å². The predicted octanol–water partition coefficient (Wildman–Crippen LogP) is 2.80. The average molecular weight is 309 g/mol. The summed E-state index contributed by atoms with van der Waals surface area (Å²) in [7, 11) is -3.29. The van der Waals surface area contributed by atoms with Crippen molar-refractivity contribution >= 4 is 15.7 Å². The van der Waals surface area contributed by atoms with Crippen LogP contribution < -0.4 is 0 Å². The summed E-state index contributed by atoms with van der Waals surface area (Å²) < 4.78 is 23.3. The summed E-state index contributed by atoms with van der Waals surface area (Å²) in [5.41, 5.74) is 1.34. The quantitative estimate of drug-likeness (QED) is 0.844. The van der Waals surface area contributed by atoms with E-state index in [1.165, 1.54) is 18.7 Å². The van der Waals surface area contributed by atoms with E-state index in [0.717, 1.165) is 44.3 Å². The maximum atomic E-state index is 12.7. The van der Waals surface area contributed by atoms with Crippen LogP contribution in [0.2, 0.25) is 0 Å². The number of likely N-dealkylation sites (tertiary alicyclic amines) is 1. The minimum absolute atomic E-state index is 0.0418. The molecule has 0 aromatic heterocycles. The van der Waals surface area contributed by atoms with Crippen LogP contribution in [-0.2, 0) is 9.84 Å². The van der Waals surface area contributed by atoms with Crippen molar-refractivity contribution in [2.75, 3.05) is 19.3 Å². The van der Waals surface area contributed by atoms with Gasteiger partial charge < -0.3 is 4.90 Å². The van der Waals surface area contributed by atoms with Crippen molar-refractivity contribution in [3.63, 3.8) is 0 Å². The molecule has 5 heteroatoms. The molecule has 0 bridgehead atoms. The second kappa shape index (κ2) is 6.60. The Morgan fingerprint density at radius 3 is 2.19 bits per heavy atom. The van der Waals surface area contributed by atoms with E-state index in [1.807, 2.05) is 11.8 Å². The molecule has 2 rings (SSSR count). The first-order chi connectivity index (χ1) is 9.89. The lowest BCUT2D eigenvalue weighted by molar-refractivity contribution is 0.0741. The van der Waals surface area contributed by atoms with Gasteiger partial charge in [0.1, 0.15) is 0 Å². The van der Waals surface area contributed by atoms with Crippen molar-refractivity contribution in [2.24, 2.45) is 0 Å². The van der Waals surface area contributed by atoms with Gasteiger partial charge in [-0.05, 0) is 37.5 Å². The Labute approximate surface area is 127 Å². The molecule has 0 unspecified atom stereocenters. The smallest absolute Gasteiger partial charge is 0.254 e. The normalized spacial score (nSPS) is 17.1. The second-order valence-electron chi connectivity index (χ2n) is 5.81. The van der Waals surface area contributed by atoms with Crippen LogP contribution in [0.4, 0.5) is 0 Å². The molecule has 21 heavy (non-hydrogen) atoms. The lowest BCUT2D eigenvalue weighted by atomic mass is 10.0. The zero-order valence-corrected chi connectivity index (χ0v) is 13.6. The van der Waals surface area contributed by atoms with Gasteiger partial charge in [0.25, 0.3) is 5.91 Å². The molecule has 1 amide bonds. The third-order valence-corrected chi connectivity index (χ3v) is 5.12. The summed E-state index contributed by atoms with van der Waals surface area (Å²) in [6.07, 6.45) is 6.78. The van der Waals surface area contributed by atoms with Gasteiger partial charge >= 0.3 is 0 Å². The van der Waals surface area contributed by atoms with E-state index >= 15 is 0 Å². The Morgan fingerprint density at radius 2 is 1.62 bits per heavy atom. The number of nitrogens with zero attached hydrogens (tertiary/aromatic N) is 1. The molecule has 0 aliphatic carbocycles. The molecule has 0 saturated carbocycles. The number of carbonyl (C=O) groups excluding carboxylic acids is 1. The monoisotopic (exact) mass is 309 g/mol. The summed E-state index contributed by atoms with van der Waals surface area (Å²) in [5, 5.41) is 0. The largest absolute Gasteiger partial charge is 0.339 e. The van der Waals surface area contributed by atoms with Crippen molar-refractivity contribution in [2.45, 2.75) is 43.9 Å². The maximum absolute atomic E-state index is 12.7.